The molecule has 0 bridgehead atoms. The molecule has 0 saturated carbocycles. The van der Waals surface area contributed by atoms with Crippen molar-refractivity contribution < 1.29 is 0 Å². The smallest absolute Gasteiger partial charge is 0.0973 e. The molecule has 0 saturated heterocycles. The highest BCUT2D eigenvalue weighted by molar-refractivity contribution is 5.88. The molecule has 0 aliphatic rings. The molecule has 4 nitrogen and oxygen atoms in total. The highest BCUT2D eigenvalue weighted by Gasteiger charge is 2.16. The van der Waals surface area contributed by atoms with Crippen LogP contribution in [0, 0.1) is 13.8 Å². The van der Waals surface area contributed by atoms with Crippen LogP contribution in [0.3, 0.4) is 0 Å². The average Bonchev–Trinajstić information content (AvgIpc) is 2.88. The number of rotatable bonds is 8. The Bertz CT molecular complexity index is 1250. The van der Waals surface area contributed by atoms with Crippen LogP contribution in [0.2, 0.25) is 0 Å². The van der Waals surface area contributed by atoms with E-state index in [-0.39, 0.29) is 0 Å². The normalized spacial score (nSPS) is 11.1. The molecule has 0 radical (unpaired) electrons. The first-order valence-corrected chi connectivity index (χ1v) is 12.5. The standard InChI is InChI=1S/C30H36N4/c1-7-33(8-2)25-16-12-23(13-17-25)29-30(24-14-18-26(19-15-24)34(9-3)10-4)32-28-22(6)21(5)11-20-27(28)31-29/h11-20H,7-10H2,1-6H3. The highest BCUT2D eigenvalue weighted by atomic mass is 15.1. The Morgan fingerprint density at radius 2 is 1.00 bits per heavy atom. The summed E-state index contributed by atoms with van der Waals surface area (Å²) in [7, 11) is 0. The minimum atomic E-state index is 0.928. The molecule has 0 aliphatic heterocycles. The summed E-state index contributed by atoms with van der Waals surface area (Å²) >= 11 is 0. The van der Waals surface area contributed by atoms with E-state index in [1.807, 2.05) is 0 Å². The summed E-state index contributed by atoms with van der Waals surface area (Å²) in [6.45, 7) is 17.0. The van der Waals surface area contributed by atoms with Crippen molar-refractivity contribution in [2.45, 2.75) is 41.5 Å². The highest BCUT2D eigenvalue weighted by Crippen LogP contribution is 2.34. The minimum absolute atomic E-state index is 0.928. The van der Waals surface area contributed by atoms with Crippen LogP contribution in [0.15, 0.2) is 60.7 Å². The second-order valence-corrected chi connectivity index (χ2v) is 8.73. The summed E-state index contributed by atoms with van der Waals surface area (Å²) in [5.74, 6) is 0. The number of hydrogen-bond acceptors (Lipinski definition) is 4. The van der Waals surface area contributed by atoms with E-state index in [1.165, 1.54) is 22.5 Å². The van der Waals surface area contributed by atoms with Gasteiger partial charge < -0.3 is 9.80 Å². The van der Waals surface area contributed by atoms with Gasteiger partial charge in [-0.3, -0.25) is 0 Å². The molecule has 3 aromatic carbocycles. The average molecular weight is 453 g/mol. The zero-order chi connectivity index (χ0) is 24.2. The van der Waals surface area contributed by atoms with Crippen LogP contribution in [-0.2, 0) is 0 Å². The van der Waals surface area contributed by atoms with E-state index >= 15 is 0 Å². The topological polar surface area (TPSA) is 32.3 Å². The van der Waals surface area contributed by atoms with E-state index in [9.17, 15) is 0 Å². The Hall–Kier alpha value is -3.40. The number of aromatic nitrogens is 2. The fraction of sp³-hybridized carbons (Fsp3) is 0.333. The van der Waals surface area contributed by atoms with Crippen molar-refractivity contribution in [1.82, 2.24) is 9.97 Å². The lowest BCUT2D eigenvalue weighted by molar-refractivity contribution is 0.866. The summed E-state index contributed by atoms with van der Waals surface area (Å²) in [5, 5.41) is 0. The predicted molar refractivity (Wildman–Crippen MR) is 147 cm³/mol. The molecule has 0 N–H and O–H groups in total. The van der Waals surface area contributed by atoms with E-state index in [4.69, 9.17) is 9.97 Å². The molecule has 34 heavy (non-hydrogen) atoms. The third-order valence-corrected chi connectivity index (χ3v) is 6.90. The zero-order valence-corrected chi connectivity index (χ0v) is 21.4. The fourth-order valence-electron chi connectivity index (χ4n) is 4.60. The molecule has 0 aliphatic carbocycles. The summed E-state index contributed by atoms with van der Waals surface area (Å²) in [4.78, 5) is 15.1. The van der Waals surface area contributed by atoms with Gasteiger partial charge in [0.1, 0.15) is 0 Å². The molecule has 176 valence electrons. The van der Waals surface area contributed by atoms with Crippen LogP contribution < -0.4 is 9.80 Å². The predicted octanol–water partition coefficient (Wildman–Crippen LogP) is 7.27. The molecule has 4 rings (SSSR count). The van der Waals surface area contributed by atoms with Crippen molar-refractivity contribution in [3.8, 4) is 22.5 Å². The summed E-state index contributed by atoms with van der Waals surface area (Å²) in [5.41, 5.74) is 10.9. The molecule has 4 aromatic rings. The van der Waals surface area contributed by atoms with E-state index < -0.39 is 0 Å². The lowest BCUT2D eigenvalue weighted by atomic mass is 10.0. The van der Waals surface area contributed by atoms with Gasteiger partial charge in [0.05, 0.1) is 22.4 Å². The molecule has 0 atom stereocenters. The lowest BCUT2D eigenvalue weighted by Crippen LogP contribution is -2.21. The van der Waals surface area contributed by atoms with Gasteiger partial charge in [-0.25, -0.2) is 9.97 Å². The Kier molecular flexibility index (Phi) is 7.16. The summed E-state index contributed by atoms with van der Waals surface area (Å²) < 4.78 is 0. The number of aryl methyl sites for hydroxylation is 2. The molecule has 0 amide bonds. The summed E-state index contributed by atoms with van der Waals surface area (Å²) in [6.07, 6.45) is 0. The van der Waals surface area contributed by atoms with Gasteiger partial charge >= 0.3 is 0 Å². The molecule has 4 heteroatoms. The number of fused-ring (bicyclic) bond motifs is 1. The first kappa shape index (κ1) is 23.7. The van der Waals surface area contributed by atoms with Crippen LogP contribution in [0.1, 0.15) is 38.8 Å². The maximum absolute atomic E-state index is 5.20. The molecule has 0 fully saturated rings. The van der Waals surface area contributed by atoms with Crippen LogP contribution in [0.4, 0.5) is 11.4 Å². The van der Waals surface area contributed by atoms with Gasteiger partial charge in [0.2, 0.25) is 0 Å². The van der Waals surface area contributed by atoms with Crippen LogP contribution >= 0.6 is 0 Å². The van der Waals surface area contributed by atoms with Gasteiger partial charge in [-0.2, -0.15) is 0 Å². The Balaban J connectivity index is 1.87. The SMILES string of the molecule is CCN(CC)c1ccc(-c2nc3ccc(C)c(C)c3nc2-c2ccc(N(CC)CC)cc2)cc1. The Labute approximate surface area is 204 Å². The molecule has 0 unspecified atom stereocenters. The van der Waals surface area contributed by atoms with Crippen molar-refractivity contribution in [1.29, 1.82) is 0 Å². The quantitative estimate of drug-likeness (QED) is 0.281. The van der Waals surface area contributed by atoms with E-state index in [1.54, 1.807) is 0 Å². The molecule has 1 aromatic heterocycles. The third kappa shape index (κ3) is 4.50. The zero-order valence-electron chi connectivity index (χ0n) is 21.4. The maximum atomic E-state index is 5.20. The molecular formula is C30H36N4. The van der Waals surface area contributed by atoms with Gasteiger partial charge in [0.25, 0.3) is 0 Å². The van der Waals surface area contributed by atoms with Crippen molar-refractivity contribution in [2.24, 2.45) is 0 Å². The van der Waals surface area contributed by atoms with Crippen molar-refractivity contribution in [2.75, 3.05) is 36.0 Å². The molecule has 0 spiro atoms. The number of anilines is 2. The van der Waals surface area contributed by atoms with Crippen LogP contribution in [0.5, 0.6) is 0 Å². The fourth-order valence-corrected chi connectivity index (χ4v) is 4.60. The monoisotopic (exact) mass is 452 g/mol. The van der Waals surface area contributed by atoms with E-state index in [0.717, 1.165) is 59.7 Å². The van der Waals surface area contributed by atoms with Gasteiger partial charge in [0, 0.05) is 48.7 Å². The lowest BCUT2D eigenvalue weighted by Gasteiger charge is -2.22. The molecular weight excluding hydrogens is 416 g/mol. The number of hydrogen-bond donors (Lipinski definition) is 0. The largest absolute Gasteiger partial charge is 0.372 e. The first-order valence-electron chi connectivity index (χ1n) is 12.5. The number of nitrogens with zero attached hydrogens (tertiary/aromatic N) is 4. The summed E-state index contributed by atoms with van der Waals surface area (Å²) in [6, 6.07) is 21.7. The third-order valence-electron chi connectivity index (χ3n) is 6.90. The van der Waals surface area contributed by atoms with Crippen LogP contribution in [-0.4, -0.2) is 36.1 Å². The van der Waals surface area contributed by atoms with Crippen molar-refractivity contribution >= 4 is 22.4 Å². The van der Waals surface area contributed by atoms with Gasteiger partial charge in [-0.15, -0.1) is 0 Å². The van der Waals surface area contributed by atoms with E-state index in [2.05, 4.69) is 112 Å². The van der Waals surface area contributed by atoms with Crippen molar-refractivity contribution in [3.05, 3.63) is 71.8 Å². The first-order chi connectivity index (χ1) is 16.5. The van der Waals surface area contributed by atoms with Gasteiger partial charge in [0.15, 0.2) is 0 Å². The van der Waals surface area contributed by atoms with Gasteiger partial charge in [-0.1, -0.05) is 30.3 Å². The Morgan fingerprint density at radius 3 is 1.44 bits per heavy atom. The number of benzene rings is 3. The molecule has 1 heterocycles. The second-order valence-electron chi connectivity index (χ2n) is 8.73. The maximum Gasteiger partial charge on any atom is 0.0973 e. The minimum Gasteiger partial charge on any atom is -0.372 e. The Morgan fingerprint density at radius 1 is 0.559 bits per heavy atom. The van der Waals surface area contributed by atoms with Crippen molar-refractivity contribution in [3.63, 3.8) is 0 Å². The second kappa shape index (κ2) is 10.3. The van der Waals surface area contributed by atoms with Crippen LogP contribution in [0.25, 0.3) is 33.5 Å². The van der Waals surface area contributed by atoms with Gasteiger partial charge in [-0.05, 0) is 83.0 Å². The van der Waals surface area contributed by atoms with E-state index in [0.29, 0.717) is 0 Å².